The normalized spacial score (nSPS) is 11.3. The zero-order valence-electron chi connectivity index (χ0n) is 18.7. The molecule has 34 heavy (non-hydrogen) atoms. The molecule has 0 fully saturated rings. The molecule has 9 nitrogen and oxygen atoms in total. The Kier molecular flexibility index (Phi) is 6.05. The number of carbonyl (C=O) groups is 1. The largest absolute Gasteiger partial charge is 0.324 e. The minimum atomic E-state index is -0.159. The van der Waals surface area contributed by atoms with Crippen LogP contribution in [0.2, 0.25) is 0 Å². The average Bonchev–Trinajstić information content (AvgIpc) is 3.48. The molecule has 0 unspecified atom stereocenters. The minimum absolute atomic E-state index is 0.159. The standard InChI is InChI=1S/C24H22N8OS/c1-16(2)32-22-18(13-27-32)11-19(14-26-22)28-21(33)15-34-24-30-29-23(17-7-6-10-25-12-17)31(24)20-8-4-3-5-9-20/h3-14,16H,15H2,1-2H3,(H,28,33). The molecule has 0 saturated carbocycles. The van der Waals surface area contributed by atoms with Crippen molar-refractivity contribution in [1.82, 2.24) is 34.5 Å². The van der Waals surface area contributed by atoms with Crippen LogP contribution in [0.4, 0.5) is 5.69 Å². The third kappa shape index (κ3) is 4.40. The summed E-state index contributed by atoms with van der Waals surface area (Å²) in [6.45, 7) is 4.10. The topological polar surface area (TPSA) is 103 Å². The molecule has 0 atom stereocenters. The molecule has 0 bridgehead atoms. The molecular weight excluding hydrogens is 448 g/mol. The molecule has 0 aliphatic rings. The van der Waals surface area contributed by atoms with Gasteiger partial charge in [-0.2, -0.15) is 5.10 Å². The van der Waals surface area contributed by atoms with Gasteiger partial charge in [0.15, 0.2) is 16.6 Å². The quantitative estimate of drug-likeness (QED) is 0.352. The van der Waals surface area contributed by atoms with Gasteiger partial charge in [-0.1, -0.05) is 30.0 Å². The van der Waals surface area contributed by atoms with Crippen LogP contribution in [0, 0.1) is 0 Å². The smallest absolute Gasteiger partial charge is 0.234 e. The van der Waals surface area contributed by atoms with Gasteiger partial charge in [-0.05, 0) is 44.2 Å². The van der Waals surface area contributed by atoms with Crippen molar-refractivity contribution in [2.24, 2.45) is 0 Å². The molecule has 10 heteroatoms. The van der Waals surface area contributed by atoms with E-state index < -0.39 is 0 Å². The predicted octanol–water partition coefficient (Wildman–Crippen LogP) is 4.39. The molecule has 0 aliphatic heterocycles. The van der Waals surface area contributed by atoms with E-state index in [9.17, 15) is 4.79 Å². The Morgan fingerprint density at radius 3 is 2.68 bits per heavy atom. The fourth-order valence-electron chi connectivity index (χ4n) is 3.57. The maximum atomic E-state index is 12.7. The Hall–Kier alpha value is -4.05. The molecule has 1 aromatic carbocycles. The lowest BCUT2D eigenvalue weighted by Gasteiger charge is -2.10. The molecule has 0 spiro atoms. The van der Waals surface area contributed by atoms with E-state index in [1.807, 2.05) is 57.8 Å². The third-order valence-electron chi connectivity index (χ3n) is 5.11. The first-order valence-corrected chi connectivity index (χ1v) is 11.8. The summed E-state index contributed by atoms with van der Waals surface area (Å²) in [6, 6.07) is 15.7. The van der Waals surface area contributed by atoms with Gasteiger partial charge in [0.1, 0.15) is 0 Å². The van der Waals surface area contributed by atoms with Crippen molar-refractivity contribution in [2.75, 3.05) is 11.1 Å². The highest BCUT2D eigenvalue weighted by atomic mass is 32.2. The fourth-order valence-corrected chi connectivity index (χ4v) is 4.32. The van der Waals surface area contributed by atoms with Crippen LogP contribution in [0.3, 0.4) is 0 Å². The van der Waals surface area contributed by atoms with E-state index in [2.05, 4.69) is 44.4 Å². The van der Waals surface area contributed by atoms with Crippen molar-refractivity contribution in [1.29, 1.82) is 0 Å². The summed E-state index contributed by atoms with van der Waals surface area (Å²) in [6.07, 6.45) is 6.87. The number of anilines is 1. The average molecular weight is 471 g/mol. The van der Waals surface area contributed by atoms with E-state index in [-0.39, 0.29) is 17.7 Å². The number of thioether (sulfide) groups is 1. The second-order valence-electron chi connectivity index (χ2n) is 7.88. The van der Waals surface area contributed by atoms with Crippen LogP contribution in [0.25, 0.3) is 28.1 Å². The van der Waals surface area contributed by atoms with Gasteiger partial charge in [0.25, 0.3) is 0 Å². The summed E-state index contributed by atoms with van der Waals surface area (Å²) in [4.78, 5) is 21.4. The predicted molar refractivity (Wildman–Crippen MR) is 132 cm³/mol. The van der Waals surface area contributed by atoms with Gasteiger partial charge in [0.05, 0.1) is 23.8 Å². The Morgan fingerprint density at radius 1 is 1.06 bits per heavy atom. The number of nitrogens with zero attached hydrogens (tertiary/aromatic N) is 7. The maximum Gasteiger partial charge on any atom is 0.234 e. The Bertz CT molecular complexity index is 1430. The Morgan fingerprint density at radius 2 is 1.91 bits per heavy atom. The number of carbonyl (C=O) groups excluding carboxylic acids is 1. The number of benzene rings is 1. The molecular formula is C24H22N8OS. The molecule has 4 aromatic heterocycles. The van der Waals surface area contributed by atoms with Crippen molar-refractivity contribution in [3.63, 3.8) is 0 Å². The van der Waals surface area contributed by atoms with E-state index in [0.29, 0.717) is 16.7 Å². The maximum absolute atomic E-state index is 12.7. The lowest BCUT2D eigenvalue weighted by molar-refractivity contribution is -0.113. The number of pyridine rings is 2. The third-order valence-corrected chi connectivity index (χ3v) is 6.04. The zero-order chi connectivity index (χ0) is 23.5. The van der Waals surface area contributed by atoms with Gasteiger partial charge >= 0.3 is 0 Å². The van der Waals surface area contributed by atoms with Crippen LogP contribution < -0.4 is 5.32 Å². The number of amides is 1. The van der Waals surface area contributed by atoms with E-state index in [0.717, 1.165) is 22.3 Å². The minimum Gasteiger partial charge on any atom is -0.324 e. The van der Waals surface area contributed by atoms with Crippen molar-refractivity contribution in [3.8, 4) is 17.1 Å². The number of nitrogens with one attached hydrogen (secondary N) is 1. The van der Waals surface area contributed by atoms with Crippen molar-refractivity contribution in [3.05, 3.63) is 73.3 Å². The summed E-state index contributed by atoms with van der Waals surface area (Å²) in [5.74, 6) is 0.674. The molecule has 0 saturated heterocycles. The van der Waals surface area contributed by atoms with Crippen molar-refractivity contribution in [2.45, 2.75) is 25.0 Å². The van der Waals surface area contributed by atoms with Gasteiger partial charge in [-0.3, -0.25) is 14.3 Å². The number of para-hydroxylation sites is 1. The van der Waals surface area contributed by atoms with Crippen LogP contribution in [-0.2, 0) is 4.79 Å². The summed E-state index contributed by atoms with van der Waals surface area (Å²) < 4.78 is 3.79. The van der Waals surface area contributed by atoms with Crippen molar-refractivity contribution < 1.29 is 4.79 Å². The molecule has 0 aliphatic carbocycles. The van der Waals surface area contributed by atoms with Crippen LogP contribution in [0.1, 0.15) is 19.9 Å². The van der Waals surface area contributed by atoms with Crippen molar-refractivity contribution >= 4 is 34.4 Å². The number of rotatable bonds is 7. The molecule has 5 aromatic rings. The van der Waals surface area contributed by atoms with Crippen LogP contribution >= 0.6 is 11.8 Å². The highest BCUT2D eigenvalue weighted by Gasteiger charge is 2.17. The van der Waals surface area contributed by atoms with Gasteiger partial charge in [-0.25, -0.2) is 9.67 Å². The van der Waals surface area contributed by atoms with Crippen LogP contribution in [0.15, 0.2) is 78.5 Å². The summed E-state index contributed by atoms with van der Waals surface area (Å²) in [5, 5.41) is 17.5. The fraction of sp³-hybridized carbons (Fsp3) is 0.167. The monoisotopic (exact) mass is 470 g/mol. The molecule has 1 amide bonds. The summed E-state index contributed by atoms with van der Waals surface area (Å²) in [7, 11) is 0. The van der Waals surface area contributed by atoms with E-state index in [1.54, 1.807) is 24.8 Å². The van der Waals surface area contributed by atoms with Gasteiger partial charge in [0.2, 0.25) is 5.91 Å². The number of hydrogen-bond donors (Lipinski definition) is 1. The second-order valence-corrected chi connectivity index (χ2v) is 8.82. The van der Waals surface area contributed by atoms with Crippen LogP contribution in [-0.4, -0.2) is 46.2 Å². The first-order valence-electron chi connectivity index (χ1n) is 10.8. The molecule has 5 rings (SSSR count). The highest BCUT2D eigenvalue weighted by Crippen LogP contribution is 2.28. The number of aromatic nitrogens is 7. The molecule has 170 valence electrons. The number of fused-ring (bicyclic) bond motifs is 1. The lowest BCUT2D eigenvalue weighted by Crippen LogP contribution is -2.15. The number of hydrogen-bond acceptors (Lipinski definition) is 7. The van der Waals surface area contributed by atoms with Gasteiger partial charge in [0, 0.05) is 35.1 Å². The Balaban J connectivity index is 1.34. The van der Waals surface area contributed by atoms with Gasteiger partial charge < -0.3 is 5.32 Å². The van der Waals surface area contributed by atoms with E-state index in [4.69, 9.17) is 0 Å². The lowest BCUT2D eigenvalue weighted by atomic mass is 10.2. The van der Waals surface area contributed by atoms with Crippen LogP contribution in [0.5, 0.6) is 0 Å². The van der Waals surface area contributed by atoms with Gasteiger partial charge in [-0.15, -0.1) is 10.2 Å². The molecule has 0 radical (unpaired) electrons. The van der Waals surface area contributed by atoms with E-state index in [1.165, 1.54) is 11.8 Å². The summed E-state index contributed by atoms with van der Waals surface area (Å²) in [5.41, 5.74) is 3.17. The first kappa shape index (κ1) is 21.8. The SMILES string of the molecule is CC(C)n1ncc2cc(NC(=O)CSc3nnc(-c4cccnc4)n3-c3ccccc3)cnc21. The summed E-state index contributed by atoms with van der Waals surface area (Å²) >= 11 is 1.32. The zero-order valence-corrected chi connectivity index (χ0v) is 19.5. The Labute approximate surface area is 200 Å². The second kappa shape index (κ2) is 9.44. The molecule has 4 heterocycles. The molecule has 1 N–H and O–H groups in total. The first-order chi connectivity index (χ1) is 16.6. The van der Waals surface area contributed by atoms with E-state index >= 15 is 0 Å². The highest BCUT2D eigenvalue weighted by molar-refractivity contribution is 7.99.